The number of hydrogen-bond donors (Lipinski definition) is 1. The molecule has 2 rings (SSSR count). The van der Waals surface area contributed by atoms with Gasteiger partial charge in [-0.3, -0.25) is 0 Å². The van der Waals surface area contributed by atoms with Gasteiger partial charge in [0.15, 0.2) is 0 Å². The van der Waals surface area contributed by atoms with Crippen molar-refractivity contribution in [2.75, 3.05) is 0 Å². The average molecular weight is 358 g/mol. The summed E-state index contributed by atoms with van der Waals surface area (Å²) in [5.74, 6) is -1.04. The van der Waals surface area contributed by atoms with Crippen LogP contribution >= 0.6 is 27.5 Å². The molecule has 1 aromatic carbocycles. The lowest BCUT2D eigenvalue weighted by Crippen LogP contribution is -2.03. The molecule has 0 unspecified atom stereocenters. The molecule has 6 heteroatoms. The van der Waals surface area contributed by atoms with Crippen molar-refractivity contribution in [1.29, 1.82) is 0 Å². The van der Waals surface area contributed by atoms with E-state index in [0.29, 0.717) is 12.2 Å². The van der Waals surface area contributed by atoms with Gasteiger partial charge in [0.2, 0.25) is 0 Å². The lowest BCUT2D eigenvalue weighted by atomic mass is 10.1. The number of halogens is 2. The highest BCUT2D eigenvalue weighted by molar-refractivity contribution is 9.10. The molecule has 0 spiro atoms. The molecule has 4 nitrogen and oxygen atoms in total. The fourth-order valence-electron chi connectivity index (χ4n) is 1.97. The van der Waals surface area contributed by atoms with Crippen molar-refractivity contribution < 1.29 is 9.90 Å². The highest BCUT2D eigenvalue weighted by Crippen LogP contribution is 2.26. The van der Waals surface area contributed by atoms with Gasteiger partial charge in [-0.05, 0) is 23.6 Å². The van der Waals surface area contributed by atoms with Gasteiger partial charge in [0, 0.05) is 4.47 Å². The highest BCUT2D eigenvalue weighted by Gasteiger charge is 2.24. The molecule has 1 N–H and O–H groups in total. The quantitative estimate of drug-likeness (QED) is 0.893. The monoisotopic (exact) mass is 356 g/mol. The molecule has 1 heterocycles. The summed E-state index contributed by atoms with van der Waals surface area (Å²) in [4.78, 5) is 11.3. The number of hydrogen-bond acceptors (Lipinski definition) is 2. The predicted octanol–water partition coefficient (Wildman–Crippen LogP) is 4.17. The van der Waals surface area contributed by atoms with Crippen LogP contribution in [0, 0.1) is 0 Å². The molecule has 0 saturated heterocycles. The Balaban J connectivity index is 2.43. The third-order valence-corrected chi connectivity index (χ3v) is 3.78. The molecule has 0 atom stereocenters. The molecule has 0 aliphatic rings. The maximum atomic E-state index is 11.3. The molecule has 1 aromatic heterocycles. The van der Waals surface area contributed by atoms with E-state index >= 15 is 0 Å². The number of aromatic nitrogens is 2. The largest absolute Gasteiger partial charge is 0.478 e. The first-order valence-corrected chi connectivity index (χ1v) is 7.31. The predicted molar refractivity (Wildman–Crippen MR) is 81.5 cm³/mol. The summed E-state index contributed by atoms with van der Waals surface area (Å²) in [5, 5.41) is 13.8. The van der Waals surface area contributed by atoms with Crippen LogP contribution in [0.25, 0.3) is 0 Å². The first-order chi connectivity index (χ1) is 9.40. The van der Waals surface area contributed by atoms with E-state index in [9.17, 15) is 9.90 Å². The van der Waals surface area contributed by atoms with Crippen LogP contribution in [0.5, 0.6) is 0 Å². The Labute approximate surface area is 130 Å². The average Bonchev–Trinajstić information content (AvgIpc) is 2.67. The Morgan fingerprint density at radius 3 is 2.70 bits per heavy atom. The minimum absolute atomic E-state index is 0.00218. The van der Waals surface area contributed by atoms with Gasteiger partial charge in [0.05, 0.1) is 12.2 Å². The number of benzene rings is 1. The first-order valence-electron chi connectivity index (χ1n) is 6.14. The van der Waals surface area contributed by atoms with Gasteiger partial charge >= 0.3 is 5.97 Å². The summed E-state index contributed by atoms with van der Waals surface area (Å²) in [6.07, 6.45) is 0. The fraction of sp³-hybridized carbons (Fsp3) is 0.286. The Hall–Kier alpha value is -1.33. The number of rotatable bonds is 4. The maximum Gasteiger partial charge on any atom is 0.340 e. The molecular formula is C14H14BrClN2O2. The first kappa shape index (κ1) is 15.1. The molecule has 2 aromatic rings. The number of aromatic carboxylic acids is 1. The molecule has 0 saturated carbocycles. The summed E-state index contributed by atoms with van der Waals surface area (Å²) in [6, 6.07) is 7.74. The maximum absolute atomic E-state index is 11.3. The topological polar surface area (TPSA) is 55.1 Å². The third kappa shape index (κ3) is 3.04. The van der Waals surface area contributed by atoms with Crippen LogP contribution in [0.4, 0.5) is 0 Å². The Kier molecular flexibility index (Phi) is 4.50. The molecule has 0 bridgehead atoms. The normalized spacial score (nSPS) is 11.1. The summed E-state index contributed by atoms with van der Waals surface area (Å²) in [5.41, 5.74) is 1.60. The Morgan fingerprint density at radius 1 is 1.50 bits per heavy atom. The van der Waals surface area contributed by atoms with Crippen molar-refractivity contribution >= 4 is 33.5 Å². The minimum atomic E-state index is -1.04. The molecular weight excluding hydrogens is 344 g/mol. The second kappa shape index (κ2) is 5.97. The van der Waals surface area contributed by atoms with Gasteiger partial charge in [0.1, 0.15) is 10.7 Å². The van der Waals surface area contributed by atoms with Crippen LogP contribution in [-0.2, 0) is 6.54 Å². The Morgan fingerprint density at radius 2 is 2.20 bits per heavy atom. The second-order valence-electron chi connectivity index (χ2n) is 4.80. The lowest BCUT2D eigenvalue weighted by Gasteiger charge is -2.04. The summed E-state index contributed by atoms with van der Waals surface area (Å²) in [6.45, 7) is 4.23. The number of nitrogens with zero attached hydrogens (tertiary/aromatic N) is 2. The van der Waals surface area contributed by atoms with E-state index in [1.54, 1.807) is 0 Å². The zero-order chi connectivity index (χ0) is 14.9. The van der Waals surface area contributed by atoms with Gasteiger partial charge in [-0.15, -0.1) is 0 Å². The summed E-state index contributed by atoms with van der Waals surface area (Å²) in [7, 11) is 0. The lowest BCUT2D eigenvalue weighted by molar-refractivity contribution is 0.0695. The zero-order valence-electron chi connectivity index (χ0n) is 11.1. The van der Waals surface area contributed by atoms with Gasteiger partial charge in [-0.2, -0.15) is 5.10 Å². The van der Waals surface area contributed by atoms with E-state index in [1.807, 2.05) is 38.1 Å². The fourth-order valence-corrected chi connectivity index (χ4v) is 2.70. The van der Waals surface area contributed by atoms with Gasteiger partial charge < -0.3 is 5.11 Å². The van der Waals surface area contributed by atoms with Crippen LogP contribution in [0.2, 0.25) is 5.15 Å². The van der Waals surface area contributed by atoms with E-state index in [4.69, 9.17) is 11.6 Å². The molecule has 0 aliphatic carbocycles. The third-order valence-electron chi connectivity index (χ3n) is 2.90. The van der Waals surface area contributed by atoms with Gasteiger partial charge in [-0.1, -0.05) is 53.5 Å². The SMILES string of the molecule is CC(C)c1nn(Cc2cccc(Br)c2)c(Cl)c1C(=O)O. The van der Waals surface area contributed by atoms with Crippen LogP contribution in [0.1, 0.15) is 41.4 Å². The van der Waals surface area contributed by atoms with Crippen molar-refractivity contribution in [3.63, 3.8) is 0 Å². The number of carboxylic acid groups (broad SMARTS) is 1. The van der Waals surface area contributed by atoms with Crippen LogP contribution < -0.4 is 0 Å². The van der Waals surface area contributed by atoms with Gasteiger partial charge in [-0.25, -0.2) is 9.48 Å². The number of carboxylic acids is 1. The highest BCUT2D eigenvalue weighted by atomic mass is 79.9. The summed E-state index contributed by atoms with van der Waals surface area (Å²) >= 11 is 9.57. The van der Waals surface area contributed by atoms with Crippen LogP contribution in [0.3, 0.4) is 0 Å². The zero-order valence-corrected chi connectivity index (χ0v) is 13.4. The van der Waals surface area contributed by atoms with E-state index < -0.39 is 5.97 Å². The summed E-state index contributed by atoms with van der Waals surface area (Å²) < 4.78 is 2.49. The van der Waals surface area contributed by atoms with E-state index in [2.05, 4.69) is 21.0 Å². The van der Waals surface area contributed by atoms with E-state index in [1.165, 1.54) is 4.68 Å². The van der Waals surface area contributed by atoms with Crippen molar-refractivity contribution in [2.24, 2.45) is 0 Å². The molecule has 0 amide bonds. The molecule has 0 fully saturated rings. The smallest absolute Gasteiger partial charge is 0.340 e. The number of carbonyl (C=O) groups is 1. The van der Waals surface area contributed by atoms with Crippen LogP contribution in [-0.4, -0.2) is 20.9 Å². The standard InChI is InChI=1S/C14H14BrClN2O2/c1-8(2)12-11(14(19)20)13(16)18(17-12)7-9-4-3-5-10(15)6-9/h3-6,8H,7H2,1-2H3,(H,19,20). The van der Waals surface area contributed by atoms with Crippen molar-refractivity contribution in [3.05, 3.63) is 50.7 Å². The van der Waals surface area contributed by atoms with Crippen LogP contribution in [0.15, 0.2) is 28.7 Å². The van der Waals surface area contributed by atoms with E-state index in [-0.39, 0.29) is 16.6 Å². The Bertz CT molecular complexity index is 653. The van der Waals surface area contributed by atoms with Crippen molar-refractivity contribution in [1.82, 2.24) is 9.78 Å². The molecule has 106 valence electrons. The van der Waals surface area contributed by atoms with Gasteiger partial charge in [0.25, 0.3) is 0 Å². The molecule has 20 heavy (non-hydrogen) atoms. The van der Waals surface area contributed by atoms with E-state index in [0.717, 1.165) is 10.0 Å². The second-order valence-corrected chi connectivity index (χ2v) is 6.07. The molecule has 0 radical (unpaired) electrons. The van der Waals surface area contributed by atoms with Crippen molar-refractivity contribution in [2.45, 2.75) is 26.3 Å². The minimum Gasteiger partial charge on any atom is -0.478 e. The molecule has 0 aliphatic heterocycles. The van der Waals surface area contributed by atoms with Crippen molar-refractivity contribution in [3.8, 4) is 0 Å².